The average Bonchev–Trinajstić information content (AvgIpc) is 2.80. The fraction of sp³-hybridized carbons (Fsp3) is 0.375. The van der Waals surface area contributed by atoms with Crippen LogP contribution in [0.5, 0.6) is 0 Å². The van der Waals surface area contributed by atoms with Crippen LogP contribution in [-0.2, 0) is 11.3 Å². The minimum atomic E-state index is -0.242. The van der Waals surface area contributed by atoms with E-state index in [2.05, 4.69) is 18.8 Å². The van der Waals surface area contributed by atoms with E-state index in [1.54, 1.807) is 27.7 Å². The molecular formula is C24H27FN4O2S. The van der Waals surface area contributed by atoms with E-state index < -0.39 is 0 Å². The van der Waals surface area contributed by atoms with E-state index >= 15 is 0 Å². The molecule has 168 valence electrons. The van der Waals surface area contributed by atoms with Crippen molar-refractivity contribution < 1.29 is 9.18 Å². The number of thioether (sulfide) groups is 1. The number of nitrogens with zero attached hydrogens (tertiary/aromatic N) is 4. The molecule has 6 nitrogen and oxygen atoms in total. The highest BCUT2D eigenvalue weighted by Gasteiger charge is 2.23. The summed E-state index contributed by atoms with van der Waals surface area (Å²) in [6.07, 6.45) is 0. The highest BCUT2D eigenvalue weighted by Crippen LogP contribution is 2.22. The van der Waals surface area contributed by atoms with Gasteiger partial charge < -0.3 is 9.80 Å². The highest BCUT2D eigenvalue weighted by atomic mass is 32.2. The Morgan fingerprint density at radius 2 is 1.75 bits per heavy atom. The van der Waals surface area contributed by atoms with Crippen molar-refractivity contribution >= 4 is 34.3 Å². The zero-order valence-electron chi connectivity index (χ0n) is 18.3. The number of benzene rings is 2. The number of para-hydroxylation sites is 2. The lowest BCUT2D eigenvalue weighted by atomic mass is 10.2. The molecule has 2 heterocycles. The van der Waals surface area contributed by atoms with E-state index in [1.807, 2.05) is 29.2 Å². The van der Waals surface area contributed by atoms with Gasteiger partial charge in [0.1, 0.15) is 5.82 Å². The molecule has 8 heteroatoms. The van der Waals surface area contributed by atoms with Crippen molar-refractivity contribution in [3.05, 3.63) is 64.7 Å². The zero-order valence-corrected chi connectivity index (χ0v) is 19.1. The minimum absolute atomic E-state index is 0.00156. The van der Waals surface area contributed by atoms with Gasteiger partial charge in [0.15, 0.2) is 5.16 Å². The predicted octanol–water partition coefficient (Wildman–Crippen LogP) is 3.63. The van der Waals surface area contributed by atoms with Crippen molar-refractivity contribution in [2.45, 2.75) is 25.5 Å². The van der Waals surface area contributed by atoms with Gasteiger partial charge in [-0.1, -0.05) is 49.9 Å². The summed E-state index contributed by atoms with van der Waals surface area (Å²) in [5.74, 6) is 0.245. The molecule has 1 aromatic heterocycles. The van der Waals surface area contributed by atoms with Crippen molar-refractivity contribution in [3.63, 3.8) is 0 Å². The van der Waals surface area contributed by atoms with Gasteiger partial charge in [-0.15, -0.1) is 0 Å². The molecule has 0 unspecified atom stereocenters. The van der Waals surface area contributed by atoms with Gasteiger partial charge >= 0.3 is 0 Å². The first-order chi connectivity index (χ1) is 15.4. The standard InChI is InChI=1S/C24H27FN4O2S/c1-17(2)15-29-23(31)18-7-3-5-9-20(18)26-24(29)32-16-22(30)28-13-11-27(12-14-28)21-10-6-4-8-19(21)25/h3-10,17H,11-16H2,1-2H3. The number of carbonyl (C=O) groups is 1. The van der Waals surface area contributed by atoms with E-state index in [-0.39, 0.29) is 29.0 Å². The van der Waals surface area contributed by atoms with Crippen molar-refractivity contribution in [2.75, 3.05) is 36.8 Å². The van der Waals surface area contributed by atoms with Crippen LogP contribution in [0.25, 0.3) is 10.9 Å². The molecule has 1 aliphatic rings. The lowest BCUT2D eigenvalue weighted by Gasteiger charge is -2.36. The van der Waals surface area contributed by atoms with Gasteiger partial charge in [-0.2, -0.15) is 0 Å². The number of hydrogen-bond acceptors (Lipinski definition) is 5. The SMILES string of the molecule is CC(C)Cn1c(SCC(=O)N2CCN(c3ccccc3F)CC2)nc2ccccc2c1=O. The molecule has 0 N–H and O–H groups in total. The second kappa shape index (κ2) is 9.73. The normalized spacial score (nSPS) is 14.4. The molecular weight excluding hydrogens is 427 g/mol. The molecule has 4 rings (SSSR count). The van der Waals surface area contributed by atoms with E-state index in [9.17, 15) is 14.0 Å². The Balaban J connectivity index is 1.44. The Kier molecular flexibility index (Phi) is 6.79. The van der Waals surface area contributed by atoms with Gasteiger partial charge in [-0.3, -0.25) is 14.2 Å². The third-order valence-corrected chi connectivity index (χ3v) is 6.49. The third kappa shape index (κ3) is 4.80. The van der Waals surface area contributed by atoms with Gasteiger partial charge in [0, 0.05) is 32.7 Å². The summed E-state index contributed by atoms with van der Waals surface area (Å²) in [5.41, 5.74) is 1.15. The van der Waals surface area contributed by atoms with Crippen LogP contribution in [0.15, 0.2) is 58.5 Å². The van der Waals surface area contributed by atoms with Crippen LogP contribution < -0.4 is 10.5 Å². The Morgan fingerprint density at radius 3 is 2.47 bits per heavy atom. The second-order valence-electron chi connectivity index (χ2n) is 8.33. The van der Waals surface area contributed by atoms with Crippen molar-refractivity contribution in [1.82, 2.24) is 14.5 Å². The molecule has 0 saturated carbocycles. The van der Waals surface area contributed by atoms with E-state index in [0.717, 1.165) is 0 Å². The Morgan fingerprint density at radius 1 is 1.06 bits per heavy atom. The number of amides is 1. The number of halogens is 1. The van der Waals surface area contributed by atoms with Crippen LogP contribution in [-0.4, -0.2) is 52.3 Å². The number of carbonyl (C=O) groups excluding carboxylic acids is 1. The fourth-order valence-electron chi connectivity index (χ4n) is 3.91. The lowest BCUT2D eigenvalue weighted by molar-refractivity contribution is -0.128. The van der Waals surface area contributed by atoms with Crippen LogP contribution >= 0.6 is 11.8 Å². The molecule has 1 saturated heterocycles. The third-order valence-electron chi connectivity index (χ3n) is 5.52. The second-order valence-corrected chi connectivity index (χ2v) is 9.27. The maximum absolute atomic E-state index is 14.0. The van der Waals surface area contributed by atoms with Crippen LogP contribution in [0.1, 0.15) is 13.8 Å². The van der Waals surface area contributed by atoms with E-state index in [0.29, 0.717) is 54.5 Å². The number of aromatic nitrogens is 2. The van der Waals surface area contributed by atoms with E-state index in [4.69, 9.17) is 0 Å². The van der Waals surface area contributed by atoms with Crippen LogP contribution in [0, 0.1) is 11.7 Å². The molecule has 0 atom stereocenters. The van der Waals surface area contributed by atoms with Crippen LogP contribution in [0.3, 0.4) is 0 Å². The summed E-state index contributed by atoms with van der Waals surface area (Å²) in [7, 11) is 0. The highest BCUT2D eigenvalue weighted by molar-refractivity contribution is 7.99. The summed E-state index contributed by atoms with van der Waals surface area (Å²) in [4.78, 5) is 34.3. The first kappa shape index (κ1) is 22.3. The van der Waals surface area contributed by atoms with Crippen molar-refractivity contribution in [2.24, 2.45) is 5.92 Å². The smallest absolute Gasteiger partial charge is 0.262 e. The summed E-state index contributed by atoms with van der Waals surface area (Å²) in [6, 6.07) is 14.0. The molecule has 1 aliphatic heterocycles. The molecule has 0 radical (unpaired) electrons. The average molecular weight is 455 g/mol. The summed E-state index contributed by atoms with van der Waals surface area (Å²) >= 11 is 1.31. The molecule has 1 amide bonds. The maximum Gasteiger partial charge on any atom is 0.262 e. The first-order valence-corrected chi connectivity index (χ1v) is 11.8. The zero-order chi connectivity index (χ0) is 22.7. The number of anilines is 1. The molecule has 32 heavy (non-hydrogen) atoms. The molecule has 0 spiro atoms. The summed E-state index contributed by atoms with van der Waals surface area (Å²) < 4.78 is 15.7. The topological polar surface area (TPSA) is 58.4 Å². The number of fused-ring (bicyclic) bond motifs is 1. The first-order valence-electron chi connectivity index (χ1n) is 10.8. The van der Waals surface area contributed by atoms with Gasteiger partial charge in [-0.25, -0.2) is 9.37 Å². The Bertz CT molecular complexity index is 1170. The van der Waals surface area contributed by atoms with Crippen LogP contribution in [0.2, 0.25) is 0 Å². The molecule has 0 aliphatic carbocycles. The van der Waals surface area contributed by atoms with E-state index in [1.165, 1.54) is 17.8 Å². The van der Waals surface area contributed by atoms with Gasteiger partial charge in [-0.05, 0) is 30.2 Å². The van der Waals surface area contributed by atoms with Crippen molar-refractivity contribution in [3.8, 4) is 0 Å². The van der Waals surface area contributed by atoms with Gasteiger partial charge in [0.05, 0.1) is 22.3 Å². The monoisotopic (exact) mass is 454 g/mol. The summed E-state index contributed by atoms with van der Waals surface area (Å²) in [5, 5.41) is 1.16. The van der Waals surface area contributed by atoms with Gasteiger partial charge in [0.2, 0.25) is 5.91 Å². The Labute approximate surface area is 191 Å². The Hall–Kier alpha value is -2.87. The number of hydrogen-bond donors (Lipinski definition) is 0. The minimum Gasteiger partial charge on any atom is -0.366 e. The molecule has 0 bridgehead atoms. The van der Waals surface area contributed by atoms with Gasteiger partial charge in [0.25, 0.3) is 5.56 Å². The largest absolute Gasteiger partial charge is 0.366 e. The number of piperazine rings is 1. The molecule has 3 aromatic rings. The molecule has 1 fully saturated rings. The summed E-state index contributed by atoms with van der Waals surface area (Å²) in [6.45, 7) is 6.91. The fourth-order valence-corrected chi connectivity index (χ4v) is 4.82. The van der Waals surface area contributed by atoms with Crippen molar-refractivity contribution in [1.29, 1.82) is 0 Å². The maximum atomic E-state index is 14.0. The predicted molar refractivity (Wildman–Crippen MR) is 127 cm³/mol. The lowest BCUT2D eigenvalue weighted by Crippen LogP contribution is -2.49. The quantitative estimate of drug-likeness (QED) is 0.421. The molecule has 2 aromatic carbocycles. The van der Waals surface area contributed by atoms with Crippen LogP contribution in [0.4, 0.5) is 10.1 Å². The number of rotatable bonds is 6.